The summed E-state index contributed by atoms with van der Waals surface area (Å²) in [5, 5.41) is 0. The largest absolute Gasteiger partial charge is 0.493 e. The minimum atomic E-state index is -1.33. The number of halogens is 1. The standard InChI is InChI=1S/C17H24OSi.C12H15BrO.C5H10Si/c1-13-11-16-15(17(2,3)8-9-18-16)12-14(13)7-10-19(4,5)6;1-8-6-11-9(7-10(8)13)12(2,3)4-5-14-11;1-5-6(2,3)4/h11-12H,8-9H2,1-6H3;6-7H,4-5H2,1-3H3;1H,2-4H3. The van der Waals surface area contributed by atoms with Gasteiger partial charge in [-0.15, -0.1) is 17.5 Å². The van der Waals surface area contributed by atoms with E-state index in [0.29, 0.717) is 0 Å². The minimum Gasteiger partial charge on any atom is -0.493 e. The van der Waals surface area contributed by atoms with Gasteiger partial charge in [-0.2, -0.15) is 0 Å². The molecule has 2 aliphatic heterocycles. The van der Waals surface area contributed by atoms with Crippen LogP contribution in [0.1, 0.15) is 68.4 Å². The number of fused-ring (bicyclic) bond motifs is 2. The number of ether oxygens (including phenoxy) is 2. The van der Waals surface area contributed by atoms with E-state index in [1.807, 2.05) is 0 Å². The lowest BCUT2D eigenvalue weighted by Crippen LogP contribution is -2.26. The molecule has 0 amide bonds. The van der Waals surface area contributed by atoms with Crippen LogP contribution in [0, 0.1) is 37.3 Å². The molecule has 2 aromatic carbocycles. The second-order valence-corrected chi connectivity index (χ2v) is 24.5. The molecule has 0 spiro atoms. The van der Waals surface area contributed by atoms with Gasteiger partial charge in [0.05, 0.1) is 13.2 Å². The molecule has 2 nitrogen and oxygen atoms in total. The fourth-order valence-electron chi connectivity index (χ4n) is 4.12. The zero-order valence-corrected chi connectivity index (χ0v) is 30.0. The molecule has 5 heteroatoms. The maximum absolute atomic E-state index is 5.80. The first-order chi connectivity index (χ1) is 17.8. The summed E-state index contributed by atoms with van der Waals surface area (Å²) >= 11 is 3.57. The maximum atomic E-state index is 5.80. The summed E-state index contributed by atoms with van der Waals surface area (Å²) in [6, 6.07) is 8.73. The molecule has 0 bridgehead atoms. The van der Waals surface area contributed by atoms with Crippen molar-refractivity contribution in [1.82, 2.24) is 0 Å². The molecule has 0 aliphatic carbocycles. The highest BCUT2D eigenvalue weighted by atomic mass is 79.9. The highest BCUT2D eigenvalue weighted by Crippen LogP contribution is 2.41. The zero-order valence-electron chi connectivity index (χ0n) is 26.4. The van der Waals surface area contributed by atoms with Crippen molar-refractivity contribution in [3.05, 3.63) is 56.6 Å². The first kappa shape index (κ1) is 33.3. The molecule has 0 saturated carbocycles. The Morgan fingerprint density at radius 3 is 1.62 bits per heavy atom. The number of aryl methyl sites for hydroxylation is 2. The molecule has 0 radical (unpaired) electrons. The van der Waals surface area contributed by atoms with Gasteiger partial charge in [-0.3, -0.25) is 0 Å². The number of terminal acetylenes is 1. The van der Waals surface area contributed by atoms with E-state index >= 15 is 0 Å². The van der Waals surface area contributed by atoms with Crippen LogP contribution < -0.4 is 9.47 Å². The summed E-state index contributed by atoms with van der Waals surface area (Å²) in [4.78, 5) is 0. The molecule has 212 valence electrons. The van der Waals surface area contributed by atoms with Gasteiger partial charge in [0, 0.05) is 21.2 Å². The van der Waals surface area contributed by atoms with Crippen LogP contribution in [-0.4, -0.2) is 29.4 Å². The zero-order chi connectivity index (χ0) is 29.8. The van der Waals surface area contributed by atoms with Gasteiger partial charge in [0.15, 0.2) is 0 Å². The number of hydrogen-bond donors (Lipinski definition) is 0. The molecule has 0 saturated heterocycles. The fourth-order valence-corrected chi connectivity index (χ4v) is 4.98. The number of rotatable bonds is 0. The molecular weight excluding hydrogens is 576 g/mol. The van der Waals surface area contributed by atoms with E-state index in [1.165, 1.54) is 32.3 Å². The van der Waals surface area contributed by atoms with Crippen molar-refractivity contribution >= 4 is 32.1 Å². The summed E-state index contributed by atoms with van der Waals surface area (Å²) in [6.07, 6.45) is 7.28. The Morgan fingerprint density at radius 1 is 0.744 bits per heavy atom. The Hall–Kier alpha value is -1.93. The second-order valence-electron chi connectivity index (χ2n) is 14.1. The van der Waals surface area contributed by atoms with Gasteiger partial charge in [-0.05, 0) is 72.9 Å². The van der Waals surface area contributed by atoms with Crippen molar-refractivity contribution in [2.75, 3.05) is 13.2 Å². The quantitative estimate of drug-likeness (QED) is 0.214. The summed E-state index contributed by atoms with van der Waals surface area (Å²) in [5.74, 6) is 5.50. The smallest absolute Gasteiger partial charge is 0.129 e. The van der Waals surface area contributed by atoms with Crippen LogP contribution in [0.5, 0.6) is 11.5 Å². The Kier molecular flexibility index (Phi) is 10.9. The Bertz CT molecular complexity index is 1280. The van der Waals surface area contributed by atoms with Gasteiger partial charge < -0.3 is 9.47 Å². The van der Waals surface area contributed by atoms with Gasteiger partial charge in [-0.25, -0.2) is 0 Å². The van der Waals surface area contributed by atoms with E-state index in [0.717, 1.165) is 37.6 Å². The van der Waals surface area contributed by atoms with Crippen LogP contribution in [0.3, 0.4) is 0 Å². The lowest BCUT2D eigenvalue weighted by Gasteiger charge is -2.33. The molecule has 0 unspecified atom stereocenters. The average molecular weight is 626 g/mol. The fraction of sp³-hybridized carbons (Fsp3) is 0.529. The van der Waals surface area contributed by atoms with Crippen LogP contribution >= 0.6 is 15.9 Å². The van der Waals surface area contributed by atoms with Gasteiger partial charge >= 0.3 is 0 Å². The van der Waals surface area contributed by atoms with Crippen molar-refractivity contribution in [2.24, 2.45) is 0 Å². The normalized spacial score (nSPS) is 16.5. The van der Waals surface area contributed by atoms with Crippen molar-refractivity contribution in [2.45, 2.75) is 104 Å². The summed E-state index contributed by atoms with van der Waals surface area (Å²) in [6.45, 7) is 28.3. The third kappa shape index (κ3) is 9.89. The topological polar surface area (TPSA) is 18.5 Å². The highest BCUT2D eigenvalue weighted by Gasteiger charge is 2.30. The summed E-state index contributed by atoms with van der Waals surface area (Å²) in [7, 11) is -2.43. The van der Waals surface area contributed by atoms with Crippen LogP contribution in [-0.2, 0) is 10.8 Å². The van der Waals surface area contributed by atoms with Crippen LogP contribution in [0.4, 0.5) is 0 Å². The van der Waals surface area contributed by atoms with Crippen LogP contribution in [0.15, 0.2) is 28.7 Å². The van der Waals surface area contributed by atoms with Gasteiger partial charge in [0.2, 0.25) is 0 Å². The first-order valence-electron chi connectivity index (χ1n) is 14.0. The molecule has 2 heterocycles. The van der Waals surface area contributed by atoms with E-state index in [9.17, 15) is 0 Å². The van der Waals surface area contributed by atoms with E-state index in [1.54, 1.807) is 0 Å². The maximum Gasteiger partial charge on any atom is 0.129 e. The molecular formula is C34H49BrO2Si2. The molecule has 39 heavy (non-hydrogen) atoms. The molecule has 2 aliphatic rings. The predicted octanol–water partition coefficient (Wildman–Crippen LogP) is 9.60. The Morgan fingerprint density at radius 2 is 1.18 bits per heavy atom. The van der Waals surface area contributed by atoms with Crippen LogP contribution in [0.2, 0.25) is 39.3 Å². The highest BCUT2D eigenvalue weighted by molar-refractivity contribution is 9.10. The second kappa shape index (κ2) is 12.7. The van der Waals surface area contributed by atoms with E-state index in [4.69, 9.17) is 15.9 Å². The molecule has 0 atom stereocenters. The summed E-state index contributed by atoms with van der Waals surface area (Å²) in [5.41, 5.74) is 12.9. The average Bonchev–Trinajstić information content (AvgIpc) is 2.79. The number of benzene rings is 2. The van der Waals surface area contributed by atoms with Crippen molar-refractivity contribution in [3.8, 4) is 34.9 Å². The Balaban J connectivity index is 0.000000234. The molecule has 2 aromatic rings. The molecule has 0 fully saturated rings. The number of hydrogen-bond acceptors (Lipinski definition) is 2. The third-order valence-corrected chi connectivity index (χ3v) is 9.62. The van der Waals surface area contributed by atoms with Crippen molar-refractivity contribution < 1.29 is 9.47 Å². The monoisotopic (exact) mass is 624 g/mol. The third-order valence-electron chi connectivity index (χ3n) is 7.02. The molecule has 0 N–H and O–H groups in total. The first-order valence-corrected chi connectivity index (χ1v) is 21.8. The van der Waals surface area contributed by atoms with Crippen molar-refractivity contribution in [1.29, 1.82) is 0 Å². The lowest BCUT2D eigenvalue weighted by molar-refractivity contribution is 0.233. The summed E-state index contributed by atoms with van der Waals surface area (Å²) < 4.78 is 12.7. The van der Waals surface area contributed by atoms with Crippen LogP contribution in [0.25, 0.3) is 0 Å². The van der Waals surface area contributed by atoms with E-state index < -0.39 is 16.1 Å². The van der Waals surface area contributed by atoms with Gasteiger partial charge in [0.25, 0.3) is 0 Å². The minimum absolute atomic E-state index is 0.191. The SMILES string of the molecule is C#C[Si](C)(C)C.Cc1cc2c(cc1Br)C(C)(C)CCO2.Cc1cc2c(cc1C#C[Si](C)(C)C)C(C)(C)CCO2. The van der Waals surface area contributed by atoms with Crippen molar-refractivity contribution in [3.63, 3.8) is 0 Å². The Labute approximate surface area is 249 Å². The van der Waals surface area contributed by atoms with Gasteiger partial charge in [0.1, 0.15) is 27.6 Å². The lowest BCUT2D eigenvalue weighted by atomic mass is 9.78. The molecule has 4 rings (SSSR count). The van der Waals surface area contributed by atoms with E-state index in [-0.39, 0.29) is 10.8 Å². The molecule has 0 aromatic heterocycles. The van der Waals surface area contributed by atoms with E-state index in [2.05, 4.69) is 138 Å². The predicted molar refractivity (Wildman–Crippen MR) is 179 cm³/mol. The van der Waals surface area contributed by atoms with Gasteiger partial charge in [-0.1, -0.05) is 88.8 Å².